The molecule has 1 unspecified atom stereocenters. The van der Waals surface area contributed by atoms with Crippen LogP contribution in [-0.2, 0) is 0 Å². The van der Waals surface area contributed by atoms with Gasteiger partial charge in [-0.2, -0.15) is 0 Å². The molecule has 4 rings (SSSR count). The predicted octanol–water partition coefficient (Wildman–Crippen LogP) is 2.77. The number of piperazine rings is 1. The average Bonchev–Trinajstić information content (AvgIpc) is 2.87. The van der Waals surface area contributed by atoms with Crippen LogP contribution >= 0.6 is 11.3 Å². The number of para-hydroxylation sites is 2. The molecule has 2 aliphatic heterocycles. The number of thiophene rings is 1. The highest BCUT2D eigenvalue weighted by Crippen LogP contribution is 2.39. The van der Waals surface area contributed by atoms with Crippen molar-refractivity contribution in [2.24, 2.45) is 10.7 Å². The topological polar surface area (TPSA) is 56.9 Å². The van der Waals surface area contributed by atoms with E-state index in [-0.39, 0.29) is 0 Å². The summed E-state index contributed by atoms with van der Waals surface area (Å²) >= 11 is 1.79. The van der Waals surface area contributed by atoms with Crippen molar-refractivity contribution >= 4 is 33.5 Å². The number of nitrogens with one attached hydrogen (secondary N) is 1. The van der Waals surface area contributed by atoms with Crippen molar-refractivity contribution in [1.82, 2.24) is 9.80 Å². The first-order valence-electron chi connectivity index (χ1n) is 8.36. The molecule has 0 amide bonds. The standard InChI is InChI=1S/C18H23N5S/c1-12-9-14-17(23-8-7-22(2)13(10-19)11-23)20-15-5-3-4-6-16(15)21-18(14)24-12/h3-6,9,13,21H,7-8,10-11,19H2,1-2H3. The Morgan fingerprint density at radius 1 is 1.33 bits per heavy atom. The van der Waals surface area contributed by atoms with Crippen LogP contribution in [0.3, 0.4) is 0 Å². The zero-order valence-electron chi connectivity index (χ0n) is 14.1. The fraction of sp³-hybridized carbons (Fsp3) is 0.389. The van der Waals surface area contributed by atoms with Crippen LogP contribution < -0.4 is 11.1 Å². The molecule has 6 heteroatoms. The summed E-state index contributed by atoms with van der Waals surface area (Å²) in [5, 5.41) is 4.75. The maximum absolute atomic E-state index is 5.97. The number of aryl methyl sites for hydroxylation is 1. The minimum atomic E-state index is 0.371. The van der Waals surface area contributed by atoms with Gasteiger partial charge in [-0.05, 0) is 32.2 Å². The van der Waals surface area contributed by atoms with E-state index in [4.69, 9.17) is 10.7 Å². The Balaban J connectivity index is 1.78. The van der Waals surface area contributed by atoms with E-state index in [1.165, 1.54) is 15.4 Å². The molecule has 1 aromatic heterocycles. The Morgan fingerprint density at radius 3 is 3.00 bits per heavy atom. The van der Waals surface area contributed by atoms with Gasteiger partial charge in [-0.3, -0.25) is 4.90 Å². The quantitative estimate of drug-likeness (QED) is 0.837. The number of aliphatic imine (C=N–C) groups is 1. The fourth-order valence-electron chi connectivity index (χ4n) is 3.38. The lowest BCUT2D eigenvalue weighted by atomic mass is 10.1. The summed E-state index contributed by atoms with van der Waals surface area (Å²) in [7, 11) is 2.15. The Labute approximate surface area is 146 Å². The molecule has 126 valence electrons. The van der Waals surface area contributed by atoms with Crippen molar-refractivity contribution < 1.29 is 0 Å². The number of hydrogen-bond acceptors (Lipinski definition) is 6. The first kappa shape index (κ1) is 15.6. The smallest absolute Gasteiger partial charge is 0.139 e. The molecule has 0 bridgehead atoms. The van der Waals surface area contributed by atoms with E-state index < -0.39 is 0 Å². The molecule has 1 fully saturated rings. The molecule has 1 aromatic carbocycles. The summed E-state index contributed by atoms with van der Waals surface area (Å²) in [6.07, 6.45) is 0. The molecule has 0 saturated carbocycles. The van der Waals surface area contributed by atoms with Gasteiger partial charge in [-0.15, -0.1) is 11.3 Å². The van der Waals surface area contributed by atoms with Crippen molar-refractivity contribution in [3.63, 3.8) is 0 Å². The van der Waals surface area contributed by atoms with E-state index in [2.05, 4.69) is 47.3 Å². The van der Waals surface area contributed by atoms with E-state index in [1.807, 2.05) is 12.1 Å². The second-order valence-corrected chi connectivity index (χ2v) is 7.75. The summed E-state index contributed by atoms with van der Waals surface area (Å²) in [5.41, 5.74) is 9.24. The molecule has 1 atom stereocenters. The molecule has 1 saturated heterocycles. The van der Waals surface area contributed by atoms with E-state index in [1.54, 1.807) is 11.3 Å². The molecule has 0 radical (unpaired) electrons. The number of nitrogens with zero attached hydrogens (tertiary/aromatic N) is 3. The highest BCUT2D eigenvalue weighted by Gasteiger charge is 2.29. The molecule has 2 aliphatic rings. The first-order valence-corrected chi connectivity index (χ1v) is 9.18. The number of anilines is 2. The van der Waals surface area contributed by atoms with Crippen LogP contribution in [0.2, 0.25) is 0 Å². The van der Waals surface area contributed by atoms with Gasteiger partial charge in [0.1, 0.15) is 10.8 Å². The van der Waals surface area contributed by atoms with Crippen molar-refractivity contribution in [2.45, 2.75) is 13.0 Å². The highest BCUT2D eigenvalue weighted by atomic mass is 32.1. The van der Waals surface area contributed by atoms with E-state index >= 15 is 0 Å². The van der Waals surface area contributed by atoms with Crippen molar-refractivity contribution in [1.29, 1.82) is 0 Å². The summed E-state index contributed by atoms with van der Waals surface area (Å²) in [5.74, 6) is 1.07. The molecule has 3 heterocycles. The van der Waals surface area contributed by atoms with Crippen molar-refractivity contribution in [3.05, 3.63) is 40.8 Å². The predicted molar refractivity (Wildman–Crippen MR) is 102 cm³/mol. The van der Waals surface area contributed by atoms with E-state index in [9.17, 15) is 0 Å². The second kappa shape index (κ2) is 6.20. The number of rotatable bonds is 1. The van der Waals surface area contributed by atoms with Crippen molar-refractivity contribution in [2.75, 3.05) is 38.5 Å². The maximum Gasteiger partial charge on any atom is 0.139 e. The van der Waals surface area contributed by atoms with Gasteiger partial charge in [-0.25, -0.2) is 4.99 Å². The summed E-state index contributed by atoms with van der Waals surface area (Å²) in [6.45, 7) is 5.72. The monoisotopic (exact) mass is 341 g/mol. The third kappa shape index (κ3) is 2.70. The molecular formula is C18H23N5S. The van der Waals surface area contributed by atoms with Crippen LogP contribution in [-0.4, -0.2) is 54.9 Å². The van der Waals surface area contributed by atoms with Crippen LogP contribution in [0.5, 0.6) is 0 Å². The maximum atomic E-state index is 5.97. The number of likely N-dealkylation sites (N-methyl/N-ethyl adjacent to an activating group) is 1. The van der Waals surface area contributed by atoms with E-state index in [0.29, 0.717) is 12.6 Å². The van der Waals surface area contributed by atoms with E-state index in [0.717, 1.165) is 36.8 Å². The number of benzene rings is 1. The third-order valence-corrected chi connectivity index (χ3v) is 5.79. The largest absolute Gasteiger partial charge is 0.353 e. The molecule has 3 N–H and O–H groups in total. The van der Waals surface area contributed by atoms with Gasteiger partial charge in [0.15, 0.2) is 0 Å². The van der Waals surface area contributed by atoms with Gasteiger partial charge in [0.05, 0.1) is 16.9 Å². The third-order valence-electron chi connectivity index (χ3n) is 4.82. The zero-order chi connectivity index (χ0) is 16.7. The number of fused-ring (bicyclic) bond motifs is 2. The SMILES string of the molecule is Cc1cc2c(s1)Nc1ccccc1N=C2N1CCN(C)C(CN)C1. The van der Waals surface area contributed by atoms with Gasteiger partial charge < -0.3 is 16.0 Å². The van der Waals surface area contributed by atoms with Crippen LogP contribution in [0.4, 0.5) is 16.4 Å². The fourth-order valence-corrected chi connectivity index (χ4v) is 4.30. The van der Waals surface area contributed by atoms with Crippen LogP contribution in [0, 0.1) is 6.92 Å². The molecule has 24 heavy (non-hydrogen) atoms. The van der Waals surface area contributed by atoms with Gasteiger partial charge in [0, 0.05) is 37.1 Å². The minimum Gasteiger partial charge on any atom is -0.353 e. The zero-order valence-corrected chi connectivity index (χ0v) is 14.9. The van der Waals surface area contributed by atoms with Crippen molar-refractivity contribution in [3.8, 4) is 0 Å². The molecule has 5 nitrogen and oxygen atoms in total. The number of nitrogens with two attached hydrogens (primary N) is 1. The number of hydrogen-bond donors (Lipinski definition) is 2. The summed E-state index contributed by atoms with van der Waals surface area (Å²) in [6, 6.07) is 10.9. The molecule has 0 spiro atoms. The van der Waals surface area contributed by atoms with Crippen LogP contribution in [0.1, 0.15) is 10.4 Å². The van der Waals surface area contributed by atoms with Gasteiger partial charge in [0.2, 0.25) is 0 Å². The first-order chi connectivity index (χ1) is 11.7. The Kier molecular flexibility index (Phi) is 4.04. The van der Waals surface area contributed by atoms with Gasteiger partial charge in [-0.1, -0.05) is 12.1 Å². The van der Waals surface area contributed by atoms with Gasteiger partial charge in [0.25, 0.3) is 0 Å². The van der Waals surface area contributed by atoms with Crippen LogP contribution in [0.25, 0.3) is 0 Å². The van der Waals surface area contributed by atoms with Crippen LogP contribution in [0.15, 0.2) is 35.3 Å². The molecule has 0 aliphatic carbocycles. The lowest BCUT2D eigenvalue weighted by molar-refractivity contribution is 0.146. The molecule has 2 aromatic rings. The highest BCUT2D eigenvalue weighted by molar-refractivity contribution is 7.16. The normalized spacial score (nSPS) is 20.7. The Morgan fingerprint density at radius 2 is 2.17 bits per heavy atom. The minimum absolute atomic E-state index is 0.371. The summed E-state index contributed by atoms with van der Waals surface area (Å²) in [4.78, 5) is 11.1. The lowest BCUT2D eigenvalue weighted by Crippen LogP contribution is -2.55. The lowest BCUT2D eigenvalue weighted by Gasteiger charge is -2.40. The summed E-state index contributed by atoms with van der Waals surface area (Å²) < 4.78 is 0. The Bertz CT molecular complexity index is 781. The average molecular weight is 341 g/mol. The number of amidine groups is 1. The second-order valence-electron chi connectivity index (χ2n) is 6.49. The molecular weight excluding hydrogens is 318 g/mol. The van der Waals surface area contributed by atoms with Gasteiger partial charge >= 0.3 is 0 Å². The Hall–Kier alpha value is -1.89.